The standard InChI is InChI=1S/C22H24N6O4/c1-30-17-7-6-15(13-18(17)31-2)20-25-16(21(29)32-20)14-27-9-11-28(12-10-27)22(23)26-19-5-3-4-8-24-19/h3-8,13-14H,9-12H2,1-2H3,(H2,23,24,26)/b16-14+. The van der Waals surface area contributed by atoms with Crippen molar-refractivity contribution in [2.75, 3.05) is 40.4 Å². The summed E-state index contributed by atoms with van der Waals surface area (Å²) in [7, 11) is 3.10. The van der Waals surface area contributed by atoms with Crippen LogP contribution in [0.25, 0.3) is 0 Å². The van der Waals surface area contributed by atoms with Crippen molar-refractivity contribution in [1.82, 2.24) is 14.8 Å². The second-order valence-corrected chi connectivity index (χ2v) is 7.07. The first kappa shape index (κ1) is 21.2. The van der Waals surface area contributed by atoms with Gasteiger partial charge in [0.2, 0.25) is 5.90 Å². The lowest BCUT2D eigenvalue weighted by molar-refractivity contribution is -0.130. The van der Waals surface area contributed by atoms with E-state index in [0.717, 1.165) is 0 Å². The Morgan fingerprint density at radius 2 is 1.91 bits per heavy atom. The highest BCUT2D eigenvalue weighted by Gasteiger charge is 2.27. The molecule has 2 aliphatic heterocycles. The van der Waals surface area contributed by atoms with Crippen LogP contribution in [0.5, 0.6) is 11.5 Å². The minimum atomic E-state index is -0.492. The Hall–Kier alpha value is -4.08. The quantitative estimate of drug-likeness (QED) is 0.325. The second kappa shape index (κ2) is 9.38. The monoisotopic (exact) mass is 436 g/mol. The molecule has 2 N–H and O–H groups in total. The molecule has 0 aliphatic carbocycles. The molecule has 32 heavy (non-hydrogen) atoms. The lowest BCUT2D eigenvalue weighted by atomic mass is 10.2. The third-order valence-electron chi connectivity index (χ3n) is 5.07. The molecule has 0 atom stereocenters. The van der Waals surface area contributed by atoms with Gasteiger partial charge >= 0.3 is 5.97 Å². The van der Waals surface area contributed by atoms with E-state index in [1.807, 2.05) is 21.9 Å². The number of hydrogen-bond acceptors (Lipinski definition) is 8. The van der Waals surface area contributed by atoms with Gasteiger partial charge in [-0.1, -0.05) is 6.07 Å². The lowest BCUT2D eigenvalue weighted by Crippen LogP contribution is -2.49. The fraction of sp³-hybridized carbons (Fsp3) is 0.273. The highest BCUT2D eigenvalue weighted by atomic mass is 16.6. The van der Waals surface area contributed by atoms with Gasteiger partial charge in [0, 0.05) is 44.1 Å². The van der Waals surface area contributed by atoms with Gasteiger partial charge in [-0.05, 0) is 30.3 Å². The molecular weight excluding hydrogens is 412 g/mol. The van der Waals surface area contributed by atoms with Crippen LogP contribution in [-0.4, -0.2) is 73.0 Å². The Bertz CT molecular complexity index is 1080. The number of benzene rings is 1. The van der Waals surface area contributed by atoms with Crippen molar-refractivity contribution in [1.29, 1.82) is 0 Å². The van der Waals surface area contributed by atoms with Crippen molar-refractivity contribution in [2.45, 2.75) is 0 Å². The Balaban J connectivity index is 1.42. The number of hydrogen-bond donors (Lipinski definition) is 1. The van der Waals surface area contributed by atoms with Crippen molar-refractivity contribution in [3.8, 4) is 11.5 Å². The minimum Gasteiger partial charge on any atom is -0.493 e. The van der Waals surface area contributed by atoms with E-state index in [9.17, 15) is 4.79 Å². The molecule has 1 saturated heterocycles. The van der Waals surface area contributed by atoms with Gasteiger partial charge < -0.3 is 29.7 Å². The molecule has 10 heteroatoms. The van der Waals surface area contributed by atoms with Crippen LogP contribution >= 0.6 is 0 Å². The van der Waals surface area contributed by atoms with Crippen LogP contribution in [0.3, 0.4) is 0 Å². The van der Waals surface area contributed by atoms with Gasteiger partial charge in [0.05, 0.1) is 14.2 Å². The molecule has 1 aromatic carbocycles. The number of carbonyl (C=O) groups is 1. The number of guanidine groups is 1. The van der Waals surface area contributed by atoms with Crippen LogP contribution in [0.4, 0.5) is 5.82 Å². The predicted molar refractivity (Wildman–Crippen MR) is 119 cm³/mol. The molecule has 0 radical (unpaired) electrons. The fourth-order valence-electron chi connectivity index (χ4n) is 3.35. The molecule has 1 aromatic heterocycles. The zero-order valence-electron chi connectivity index (χ0n) is 17.9. The molecular formula is C22H24N6O4. The number of cyclic esters (lactones) is 1. The van der Waals surface area contributed by atoms with Gasteiger partial charge in [-0.2, -0.15) is 4.99 Å². The molecule has 166 valence electrons. The topological polar surface area (TPSA) is 115 Å². The highest BCUT2D eigenvalue weighted by Crippen LogP contribution is 2.29. The average molecular weight is 436 g/mol. The van der Waals surface area contributed by atoms with Gasteiger partial charge in [0.1, 0.15) is 0 Å². The summed E-state index contributed by atoms with van der Waals surface area (Å²) in [5.74, 6) is 1.84. The number of piperazine rings is 1. The number of rotatable bonds is 5. The molecule has 0 spiro atoms. The first-order chi connectivity index (χ1) is 15.6. The number of nitrogens with zero attached hydrogens (tertiary/aromatic N) is 5. The van der Waals surface area contributed by atoms with E-state index < -0.39 is 5.97 Å². The summed E-state index contributed by atoms with van der Waals surface area (Å²) in [4.78, 5) is 29.2. The number of aliphatic imine (C=N–C) groups is 2. The Labute approximate surface area is 185 Å². The van der Waals surface area contributed by atoms with E-state index in [-0.39, 0.29) is 11.6 Å². The van der Waals surface area contributed by atoms with Crippen molar-refractivity contribution in [3.63, 3.8) is 0 Å². The Morgan fingerprint density at radius 1 is 1.12 bits per heavy atom. The van der Waals surface area contributed by atoms with E-state index in [0.29, 0.717) is 55.0 Å². The number of pyridine rings is 1. The number of aromatic nitrogens is 1. The fourth-order valence-corrected chi connectivity index (χ4v) is 3.35. The van der Waals surface area contributed by atoms with E-state index in [2.05, 4.69) is 15.0 Å². The lowest BCUT2D eigenvalue weighted by Gasteiger charge is -2.34. The van der Waals surface area contributed by atoms with Gasteiger partial charge in [-0.25, -0.2) is 14.8 Å². The van der Waals surface area contributed by atoms with E-state index in [1.165, 1.54) is 0 Å². The van der Waals surface area contributed by atoms with Crippen LogP contribution in [0.2, 0.25) is 0 Å². The number of carbonyl (C=O) groups excluding carboxylic acids is 1. The van der Waals surface area contributed by atoms with E-state index >= 15 is 0 Å². The van der Waals surface area contributed by atoms with Gasteiger partial charge in [0.15, 0.2) is 29.0 Å². The number of esters is 1. The summed E-state index contributed by atoms with van der Waals surface area (Å²) in [6, 6.07) is 10.7. The molecule has 3 heterocycles. The molecule has 0 amide bonds. The summed E-state index contributed by atoms with van der Waals surface area (Å²) >= 11 is 0. The van der Waals surface area contributed by atoms with Crippen molar-refractivity contribution < 1.29 is 19.0 Å². The molecule has 2 aliphatic rings. The maximum Gasteiger partial charge on any atom is 0.365 e. The van der Waals surface area contributed by atoms with Gasteiger partial charge in [-0.3, -0.25) is 0 Å². The molecule has 2 aromatic rings. The number of ether oxygens (including phenoxy) is 3. The normalized spacial score (nSPS) is 17.9. The molecule has 0 unspecified atom stereocenters. The first-order valence-electron chi connectivity index (χ1n) is 10.1. The maximum atomic E-state index is 12.3. The van der Waals surface area contributed by atoms with Crippen molar-refractivity contribution in [3.05, 3.63) is 60.1 Å². The maximum absolute atomic E-state index is 12.3. The average Bonchev–Trinajstić information content (AvgIpc) is 3.19. The molecule has 0 bridgehead atoms. The van der Waals surface area contributed by atoms with E-state index in [1.54, 1.807) is 50.9 Å². The van der Waals surface area contributed by atoms with Crippen LogP contribution in [0, 0.1) is 0 Å². The molecule has 4 rings (SSSR count). The minimum absolute atomic E-state index is 0.229. The van der Waals surface area contributed by atoms with Crippen LogP contribution in [0.1, 0.15) is 5.56 Å². The predicted octanol–water partition coefficient (Wildman–Crippen LogP) is 1.51. The molecule has 0 saturated carbocycles. The summed E-state index contributed by atoms with van der Waals surface area (Å²) in [6.07, 6.45) is 3.40. The summed E-state index contributed by atoms with van der Waals surface area (Å²) in [5.41, 5.74) is 7.00. The van der Waals surface area contributed by atoms with Crippen LogP contribution < -0.4 is 15.2 Å². The molecule has 1 fully saturated rings. The van der Waals surface area contributed by atoms with E-state index in [4.69, 9.17) is 19.9 Å². The largest absolute Gasteiger partial charge is 0.493 e. The smallest absolute Gasteiger partial charge is 0.365 e. The first-order valence-corrected chi connectivity index (χ1v) is 10.1. The number of nitrogens with two attached hydrogens (primary N) is 1. The molecule has 10 nitrogen and oxygen atoms in total. The zero-order valence-corrected chi connectivity index (χ0v) is 17.9. The second-order valence-electron chi connectivity index (χ2n) is 7.07. The summed E-state index contributed by atoms with van der Waals surface area (Å²) in [5, 5.41) is 0. The van der Waals surface area contributed by atoms with Crippen LogP contribution in [-0.2, 0) is 9.53 Å². The summed E-state index contributed by atoms with van der Waals surface area (Å²) < 4.78 is 15.9. The van der Waals surface area contributed by atoms with Crippen molar-refractivity contribution in [2.24, 2.45) is 15.7 Å². The SMILES string of the molecule is COc1ccc(C2=N/C(=C/N3CCN(C(N)=Nc4ccccn4)CC3)C(=O)O2)cc1OC. The van der Waals surface area contributed by atoms with Gasteiger partial charge in [0.25, 0.3) is 0 Å². The third-order valence-corrected chi connectivity index (χ3v) is 5.07. The zero-order chi connectivity index (χ0) is 22.5. The Kier molecular flexibility index (Phi) is 6.20. The summed E-state index contributed by atoms with van der Waals surface area (Å²) in [6.45, 7) is 2.65. The Morgan fingerprint density at radius 3 is 2.59 bits per heavy atom. The number of methoxy groups -OCH3 is 2. The van der Waals surface area contributed by atoms with Crippen molar-refractivity contribution >= 4 is 23.6 Å². The highest BCUT2D eigenvalue weighted by molar-refractivity contribution is 6.11. The van der Waals surface area contributed by atoms with Crippen LogP contribution in [0.15, 0.2) is 64.5 Å². The van der Waals surface area contributed by atoms with Gasteiger partial charge in [-0.15, -0.1) is 0 Å². The third kappa shape index (κ3) is 4.64.